The van der Waals surface area contributed by atoms with Crippen molar-refractivity contribution in [3.63, 3.8) is 0 Å². The molecule has 1 aliphatic rings. The lowest BCUT2D eigenvalue weighted by Crippen LogP contribution is -2.42. The lowest BCUT2D eigenvalue weighted by atomic mass is 10.1. The smallest absolute Gasteiger partial charge is 0.229 e. The molecule has 0 aromatic heterocycles. The van der Waals surface area contributed by atoms with Gasteiger partial charge in [0.2, 0.25) is 11.8 Å². The number of ether oxygens (including phenoxy) is 1. The van der Waals surface area contributed by atoms with Crippen LogP contribution in [-0.4, -0.2) is 61.4 Å². The monoisotopic (exact) mass is 378 g/mol. The van der Waals surface area contributed by atoms with E-state index in [4.69, 9.17) is 4.74 Å². The number of hydrogen-bond donors (Lipinski definition) is 1. The van der Waals surface area contributed by atoms with E-state index in [-0.39, 0.29) is 24.1 Å². The van der Waals surface area contributed by atoms with Crippen molar-refractivity contribution < 1.29 is 18.7 Å². The first-order chi connectivity index (χ1) is 13.0. The number of likely N-dealkylation sites (tertiary alicyclic amines) is 1. The maximum Gasteiger partial charge on any atom is 0.229 e. The number of nitrogens with zero attached hydrogens (tertiary/aromatic N) is 3. The third-order valence-electron chi connectivity index (χ3n) is 4.30. The molecule has 1 heterocycles. The number of benzene rings is 1. The van der Waals surface area contributed by atoms with Crippen LogP contribution in [-0.2, 0) is 16.1 Å². The summed E-state index contributed by atoms with van der Waals surface area (Å²) in [5.74, 6) is 0.165. The minimum atomic E-state index is -0.410. The van der Waals surface area contributed by atoms with Crippen molar-refractivity contribution in [3.8, 4) is 5.75 Å². The third kappa shape index (κ3) is 5.67. The molecule has 7 nitrogen and oxygen atoms in total. The van der Waals surface area contributed by atoms with Gasteiger partial charge in [-0.05, 0) is 31.0 Å². The first kappa shape index (κ1) is 20.7. The Balaban J connectivity index is 1.99. The van der Waals surface area contributed by atoms with Crippen molar-refractivity contribution in [1.29, 1.82) is 0 Å². The van der Waals surface area contributed by atoms with Crippen molar-refractivity contribution >= 4 is 17.8 Å². The Labute approximate surface area is 159 Å². The fourth-order valence-corrected chi connectivity index (χ4v) is 2.93. The summed E-state index contributed by atoms with van der Waals surface area (Å²) in [4.78, 5) is 31.3. The number of rotatable bonds is 7. The van der Waals surface area contributed by atoms with E-state index in [1.807, 2.05) is 18.9 Å². The van der Waals surface area contributed by atoms with Gasteiger partial charge in [0.1, 0.15) is 0 Å². The zero-order valence-electron chi connectivity index (χ0n) is 16.1. The van der Waals surface area contributed by atoms with E-state index < -0.39 is 5.82 Å². The minimum absolute atomic E-state index is 0.131. The molecule has 0 bridgehead atoms. The average molecular weight is 378 g/mol. The standard InChI is InChI=1S/C19H27FN4O3/c1-4-21-19(22-10-11-24-17(25)6-5-7-18(24)26)23(2)13-14-8-9-16(27-3)15(20)12-14/h8-9,12H,4-7,10-11,13H2,1-3H3,(H,21,22). The fourth-order valence-electron chi connectivity index (χ4n) is 2.93. The van der Waals surface area contributed by atoms with Gasteiger partial charge in [-0.1, -0.05) is 6.07 Å². The summed E-state index contributed by atoms with van der Waals surface area (Å²) in [7, 11) is 3.28. The van der Waals surface area contributed by atoms with Gasteiger partial charge in [-0.2, -0.15) is 0 Å². The van der Waals surface area contributed by atoms with E-state index in [2.05, 4.69) is 10.3 Å². The summed E-state index contributed by atoms with van der Waals surface area (Å²) in [5, 5.41) is 3.17. The third-order valence-corrected chi connectivity index (χ3v) is 4.30. The lowest BCUT2D eigenvalue weighted by molar-refractivity contribution is -0.147. The van der Waals surface area contributed by atoms with Crippen molar-refractivity contribution in [2.45, 2.75) is 32.7 Å². The van der Waals surface area contributed by atoms with E-state index in [1.165, 1.54) is 18.1 Å². The molecule has 0 spiro atoms. The fraction of sp³-hybridized carbons (Fsp3) is 0.526. The van der Waals surface area contributed by atoms with Crippen LogP contribution in [0, 0.1) is 5.82 Å². The summed E-state index contributed by atoms with van der Waals surface area (Å²) in [6.45, 7) is 3.67. The number of guanidine groups is 1. The lowest BCUT2D eigenvalue weighted by Gasteiger charge is -2.25. The quantitative estimate of drug-likeness (QED) is 0.445. The topological polar surface area (TPSA) is 74.2 Å². The second kappa shape index (κ2) is 9.89. The SMILES string of the molecule is CCNC(=NCCN1C(=O)CCCC1=O)N(C)Cc1ccc(OC)c(F)c1. The summed E-state index contributed by atoms with van der Waals surface area (Å²) in [5.41, 5.74) is 0.780. The molecular formula is C19H27FN4O3. The highest BCUT2D eigenvalue weighted by Gasteiger charge is 2.25. The minimum Gasteiger partial charge on any atom is -0.494 e. The van der Waals surface area contributed by atoms with Crippen LogP contribution in [0.25, 0.3) is 0 Å². The number of nitrogens with one attached hydrogen (secondary N) is 1. The van der Waals surface area contributed by atoms with Gasteiger partial charge < -0.3 is 15.0 Å². The van der Waals surface area contributed by atoms with Gasteiger partial charge in [-0.25, -0.2) is 4.39 Å². The molecule has 1 aliphatic heterocycles. The Kier molecular flexibility index (Phi) is 7.57. The van der Waals surface area contributed by atoms with Crippen LogP contribution in [0.3, 0.4) is 0 Å². The van der Waals surface area contributed by atoms with Gasteiger partial charge in [-0.3, -0.25) is 19.5 Å². The van der Waals surface area contributed by atoms with Crippen molar-refractivity contribution in [3.05, 3.63) is 29.6 Å². The first-order valence-electron chi connectivity index (χ1n) is 9.11. The van der Waals surface area contributed by atoms with E-state index in [0.717, 1.165) is 5.56 Å². The van der Waals surface area contributed by atoms with E-state index in [0.29, 0.717) is 44.9 Å². The van der Waals surface area contributed by atoms with Gasteiger partial charge in [-0.15, -0.1) is 0 Å². The Morgan fingerprint density at radius 3 is 2.63 bits per heavy atom. The Hall–Kier alpha value is -2.64. The zero-order chi connectivity index (χ0) is 19.8. The number of carbonyl (C=O) groups excluding carboxylic acids is 2. The molecule has 1 saturated heterocycles. The summed E-state index contributed by atoms with van der Waals surface area (Å²) < 4.78 is 18.8. The molecule has 0 radical (unpaired) electrons. The van der Waals surface area contributed by atoms with Crippen molar-refractivity contribution in [1.82, 2.24) is 15.1 Å². The molecule has 2 rings (SSSR count). The summed E-state index contributed by atoms with van der Waals surface area (Å²) >= 11 is 0. The predicted octanol–water partition coefficient (Wildman–Crippen LogP) is 1.77. The number of methoxy groups -OCH3 is 1. The van der Waals surface area contributed by atoms with E-state index >= 15 is 0 Å². The normalized spacial score (nSPS) is 15.1. The van der Waals surface area contributed by atoms with Crippen molar-refractivity contribution in [2.24, 2.45) is 4.99 Å². The molecule has 0 unspecified atom stereocenters. The van der Waals surface area contributed by atoms with Gasteiger partial charge in [0.25, 0.3) is 0 Å². The van der Waals surface area contributed by atoms with Crippen LogP contribution in [0.15, 0.2) is 23.2 Å². The highest BCUT2D eigenvalue weighted by molar-refractivity contribution is 5.97. The molecule has 27 heavy (non-hydrogen) atoms. The van der Waals surface area contributed by atoms with Gasteiger partial charge >= 0.3 is 0 Å². The zero-order valence-corrected chi connectivity index (χ0v) is 16.1. The Bertz CT molecular complexity index is 692. The molecule has 1 fully saturated rings. The number of halogens is 1. The number of amides is 2. The average Bonchev–Trinajstić information content (AvgIpc) is 2.63. The van der Waals surface area contributed by atoms with Gasteiger partial charge in [0.15, 0.2) is 17.5 Å². The molecule has 8 heteroatoms. The van der Waals surface area contributed by atoms with Crippen molar-refractivity contribution in [2.75, 3.05) is 33.8 Å². The summed E-state index contributed by atoms with van der Waals surface area (Å²) in [6, 6.07) is 4.83. The maximum atomic E-state index is 13.9. The number of carbonyl (C=O) groups is 2. The highest BCUT2D eigenvalue weighted by Crippen LogP contribution is 2.18. The largest absolute Gasteiger partial charge is 0.494 e. The van der Waals surface area contributed by atoms with Crippen LogP contribution in [0.1, 0.15) is 31.7 Å². The van der Waals surface area contributed by atoms with Crippen LogP contribution >= 0.6 is 0 Å². The number of piperidine rings is 1. The molecule has 2 amide bonds. The van der Waals surface area contributed by atoms with Crippen LogP contribution in [0.5, 0.6) is 5.75 Å². The molecule has 0 atom stereocenters. The second-order valence-corrected chi connectivity index (χ2v) is 6.35. The molecule has 1 aromatic rings. The van der Waals surface area contributed by atoms with Crippen LogP contribution in [0.4, 0.5) is 4.39 Å². The molecule has 1 aromatic carbocycles. The maximum absolute atomic E-state index is 13.9. The van der Waals surface area contributed by atoms with E-state index in [1.54, 1.807) is 12.1 Å². The second-order valence-electron chi connectivity index (χ2n) is 6.35. The number of hydrogen-bond acceptors (Lipinski definition) is 4. The van der Waals surface area contributed by atoms with Gasteiger partial charge in [0, 0.05) is 39.5 Å². The Morgan fingerprint density at radius 2 is 2.04 bits per heavy atom. The number of aliphatic imine (C=N–C) groups is 1. The Morgan fingerprint density at radius 1 is 1.33 bits per heavy atom. The molecule has 0 saturated carbocycles. The molecule has 148 valence electrons. The summed E-state index contributed by atoms with van der Waals surface area (Å²) in [6.07, 6.45) is 1.46. The molecular weight excluding hydrogens is 351 g/mol. The van der Waals surface area contributed by atoms with Crippen LogP contribution in [0.2, 0.25) is 0 Å². The van der Waals surface area contributed by atoms with Crippen LogP contribution < -0.4 is 10.1 Å². The molecule has 0 aliphatic carbocycles. The first-order valence-corrected chi connectivity index (χ1v) is 9.11. The van der Waals surface area contributed by atoms with E-state index in [9.17, 15) is 14.0 Å². The predicted molar refractivity (Wildman–Crippen MR) is 101 cm³/mol. The van der Waals surface area contributed by atoms with Gasteiger partial charge in [0.05, 0.1) is 13.7 Å². The molecule has 1 N–H and O–H groups in total. The highest BCUT2D eigenvalue weighted by atomic mass is 19.1. The number of imide groups is 1.